The molecule has 0 aromatic rings. The topological polar surface area (TPSA) is 157 Å². The molecule has 1 unspecified atom stereocenters. The normalized spacial score (nSPS) is 27.9. The summed E-state index contributed by atoms with van der Waals surface area (Å²) in [4.78, 5) is 29.5. The largest absolute Gasteiger partial charge is 0.394 e. The van der Waals surface area contributed by atoms with Gasteiger partial charge in [-0.25, -0.2) is 0 Å². The molecule has 1 aliphatic rings. The van der Waals surface area contributed by atoms with Crippen LogP contribution in [-0.4, -0.2) is 68.6 Å². The number of amides is 1. The molecule has 6 N–H and O–H groups in total. The van der Waals surface area contributed by atoms with E-state index in [1.165, 1.54) is 6.92 Å². The Labute approximate surface area is 121 Å². The van der Waals surface area contributed by atoms with Crippen molar-refractivity contribution in [3.63, 3.8) is 0 Å². The van der Waals surface area contributed by atoms with Crippen LogP contribution in [-0.2, 0) is 14.1 Å². The highest BCUT2D eigenvalue weighted by Gasteiger charge is 2.38. The summed E-state index contributed by atoms with van der Waals surface area (Å²) in [6.07, 6.45) is -2.63. The maximum atomic E-state index is 11.3. The highest BCUT2D eigenvalue weighted by atomic mass is 31.2. The number of hydrogen-bond acceptors (Lipinski definition) is 6. The molecule has 0 radical (unpaired) electrons. The van der Waals surface area contributed by atoms with Gasteiger partial charge in [0.25, 0.3) is 0 Å². The number of aliphatic hydroxyl groups excluding tert-OH is 3. The van der Waals surface area contributed by atoms with E-state index in [-0.39, 0.29) is 18.3 Å². The Balaban J connectivity index is 2.90. The molecule has 122 valence electrons. The van der Waals surface area contributed by atoms with Gasteiger partial charge in [-0.15, -0.1) is 0 Å². The van der Waals surface area contributed by atoms with E-state index < -0.39 is 44.5 Å². The molecule has 1 aliphatic carbocycles. The lowest BCUT2D eigenvalue weighted by Crippen LogP contribution is -2.53. The number of aliphatic hydroxyl groups is 3. The molecule has 0 aliphatic heterocycles. The van der Waals surface area contributed by atoms with Gasteiger partial charge in [0, 0.05) is 18.7 Å². The van der Waals surface area contributed by atoms with Gasteiger partial charge < -0.3 is 35.2 Å². The molecule has 9 nitrogen and oxygen atoms in total. The molecule has 21 heavy (non-hydrogen) atoms. The molecule has 0 bridgehead atoms. The molecule has 0 aromatic carbocycles. The van der Waals surface area contributed by atoms with Crippen LogP contribution in [0.3, 0.4) is 0 Å². The van der Waals surface area contributed by atoms with Gasteiger partial charge in [-0.2, -0.15) is 0 Å². The average Bonchev–Trinajstić information content (AvgIpc) is 2.37. The quantitative estimate of drug-likeness (QED) is 0.308. The van der Waals surface area contributed by atoms with Crippen LogP contribution in [0.25, 0.3) is 0 Å². The van der Waals surface area contributed by atoms with E-state index in [9.17, 15) is 19.6 Å². The first-order valence-electron chi connectivity index (χ1n) is 6.27. The molecular formula is C11H20NO8P. The van der Waals surface area contributed by atoms with Crippen LogP contribution in [0.4, 0.5) is 0 Å². The summed E-state index contributed by atoms with van der Waals surface area (Å²) >= 11 is 0. The van der Waals surface area contributed by atoms with Gasteiger partial charge in [-0.05, 0) is 6.08 Å². The predicted octanol–water partition coefficient (Wildman–Crippen LogP) is -1.94. The molecule has 1 rings (SSSR count). The van der Waals surface area contributed by atoms with E-state index >= 15 is 0 Å². The fourth-order valence-corrected chi connectivity index (χ4v) is 2.77. The molecule has 0 heterocycles. The van der Waals surface area contributed by atoms with E-state index in [1.807, 2.05) is 0 Å². The zero-order valence-corrected chi connectivity index (χ0v) is 12.3. The fourth-order valence-electron chi connectivity index (χ4n) is 2.00. The van der Waals surface area contributed by atoms with Crippen molar-refractivity contribution >= 4 is 13.5 Å². The van der Waals surface area contributed by atoms with Crippen LogP contribution in [0.5, 0.6) is 0 Å². The molecular weight excluding hydrogens is 305 g/mol. The van der Waals surface area contributed by atoms with Crippen LogP contribution < -0.4 is 5.32 Å². The summed E-state index contributed by atoms with van der Waals surface area (Å²) in [5.74, 6) is -0.441. The number of carbonyl (C=O) groups is 1. The zero-order valence-electron chi connectivity index (χ0n) is 11.4. The number of ether oxygens (including phenoxy) is 1. The van der Waals surface area contributed by atoms with Crippen LogP contribution in [0.1, 0.15) is 13.3 Å². The first-order chi connectivity index (χ1) is 9.65. The minimum atomic E-state index is -4.53. The molecule has 0 spiro atoms. The Morgan fingerprint density at radius 2 is 2.19 bits per heavy atom. The summed E-state index contributed by atoms with van der Waals surface area (Å²) in [7, 11) is -4.53. The summed E-state index contributed by atoms with van der Waals surface area (Å²) in [5.41, 5.74) is 0. The highest BCUT2D eigenvalue weighted by molar-refractivity contribution is 7.56. The summed E-state index contributed by atoms with van der Waals surface area (Å²) in [6, 6.07) is -0.899. The highest BCUT2D eigenvalue weighted by Crippen LogP contribution is 2.49. The zero-order chi connectivity index (χ0) is 16.2. The van der Waals surface area contributed by atoms with Gasteiger partial charge in [-0.3, -0.25) is 9.36 Å². The van der Waals surface area contributed by atoms with Crippen LogP contribution in [0, 0.1) is 0 Å². The lowest BCUT2D eigenvalue weighted by atomic mass is 9.95. The Hall–Kier alpha value is -0.800. The van der Waals surface area contributed by atoms with Crippen molar-refractivity contribution in [1.82, 2.24) is 5.32 Å². The van der Waals surface area contributed by atoms with Crippen molar-refractivity contribution in [3.8, 4) is 0 Å². The van der Waals surface area contributed by atoms with Crippen molar-refractivity contribution in [3.05, 3.63) is 11.4 Å². The fraction of sp³-hybridized carbons (Fsp3) is 0.727. The van der Waals surface area contributed by atoms with Crippen LogP contribution in [0.15, 0.2) is 11.4 Å². The Bertz CT molecular complexity index is 448. The number of hydrogen-bond donors (Lipinski definition) is 6. The van der Waals surface area contributed by atoms with Crippen molar-refractivity contribution < 1.29 is 39.2 Å². The minimum Gasteiger partial charge on any atom is -0.394 e. The molecule has 4 atom stereocenters. The number of nitrogens with one attached hydrogen (secondary N) is 1. The van der Waals surface area contributed by atoms with Crippen LogP contribution >= 0.6 is 7.60 Å². The van der Waals surface area contributed by atoms with E-state index in [0.717, 1.165) is 6.08 Å². The molecule has 10 heteroatoms. The van der Waals surface area contributed by atoms with Crippen molar-refractivity contribution in [2.45, 2.75) is 37.7 Å². The Morgan fingerprint density at radius 1 is 1.57 bits per heavy atom. The first kappa shape index (κ1) is 18.2. The first-order valence-corrected chi connectivity index (χ1v) is 7.89. The Morgan fingerprint density at radius 3 is 2.67 bits per heavy atom. The SMILES string of the molecule is CC(=O)N[C@@H]1[C@@H](O)C=C(P(=O)(O)O)C[C@H]1OCC(O)CO. The van der Waals surface area contributed by atoms with Gasteiger partial charge in [0.15, 0.2) is 0 Å². The van der Waals surface area contributed by atoms with Crippen molar-refractivity contribution in [2.75, 3.05) is 13.2 Å². The van der Waals surface area contributed by atoms with E-state index in [2.05, 4.69) is 5.32 Å². The standard InChI is InChI=1S/C11H20NO8P/c1-6(14)12-11-9(16)2-8(21(17,18)19)3-10(11)20-5-7(15)4-13/h2,7,9-11,13,15-16H,3-5H2,1H3,(H,12,14)(H2,17,18,19)/t7?,9-,10+,11+/m0/s1. The average molecular weight is 325 g/mol. The van der Waals surface area contributed by atoms with Gasteiger partial charge in [0.2, 0.25) is 5.91 Å². The predicted molar refractivity (Wildman–Crippen MR) is 71.2 cm³/mol. The van der Waals surface area contributed by atoms with E-state index in [0.29, 0.717) is 0 Å². The molecule has 0 fully saturated rings. The van der Waals surface area contributed by atoms with Crippen molar-refractivity contribution in [1.29, 1.82) is 0 Å². The molecule has 0 aromatic heterocycles. The monoisotopic (exact) mass is 325 g/mol. The van der Waals surface area contributed by atoms with E-state index in [4.69, 9.17) is 19.6 Å². The van der Waals surface area contributed by atoms with Gasteiger partial charge in [0.05, 0.1) is 31.5 Å². The third-order valence-corrected chi connectivity index (χ3v) is 4.08. The smallest absolute Gasteiger partial charge is 0.352 e. The molecule has 0 saturated heterocycles. The maximum Gasteiger partial charge on any atom is 0.352 e. The second kappa shape index (κ2) is 7.46. The summed E-state index contributed by atoms with van der Waals surface area (Å²) in [6.45, 7) is 0.397. The number of rotatable bonds is 6. The van der Waals surface area contributed by atoms with Crippen LogP contribution in [0.2, 0.25) is 0 Å². The van der Waals surface area contributed by atoms with Crippen molar-refractivity contribution in [2.24, 2.45) is 0 Å². The lowest BCUT2D eigenvalue weighted by Gasteiger charge is -2.35. The van der Waals surface area contributed by atoms with Gasteiger partial charge in [0.1, 0.15) is 6.10 Å². The van der Waals surface area contributed by atoms with Gasteiger partial charge >= 0.3 is 7.60 Å². The second-order valence-electron chi connectivity index (χ2n) is 4.83. The summed E-state index contributed by atoms with van der Waals surface area (Å²) < 4.78 is 16.6. The third-order valence-electron chi connectivity index (χ3n) is 3.00. The molecule has 1 amide bonds. The summed E-state index contributed by atoms with van der Waals surface area (Å²) in [5, 5.41) is 30.0. The third kappa shape index (κ3) is 5.48. The maximum absolute atomic E-state index is 11.3. The number of carbonyl (C=O) groups excluding carboxylic acids is 1. The Kier molecular flexibility index (Phi) is 6.48. The minimum absolute atomic E-state index is 0.204. The van der Waals surface area contributed by atoms with E-state index in [1.54, 1.807) is 0 Å². The second-order valence-corrected chi connectivity index (χ2v) is 6.49. The molecule has 0 saturated carbocycles. The lowest BCUT2D eigenvalue weighted by molar-refractivity contribution is -0.123. The van der Waals surface area contributed by atoms with Gasteiger partial charge in [-0.1, -0.05) is 0 Å².